The molecule has 0 aliphatic heterocycles. The molecule has 0 aliphatic carbocycles. The molecule has 0 aromatic heterocycles. The highest BCUT2D eigenvalue weighted by atomic mass is 16.5. The number of likely N-dealkylation sites (N-methyl/N-ethyl adjacent to an activating group) is 2. The molecule has 0 bridgehead atoms. The van der Waals surface area contributed by atoms with E-state index in [1.807, 2.05) is 19.9 Å². The summed E-state index contributed by atoms with van der Waals surface area (Å²) in [5.74, 6) is 0.871. The van der Waals surface area contributed by atoms with Crippen molar-refractivity contribution < 1.29 is 14.3 Å². The Labute approximate surface area is 139 Å². The van der Waals surface area contributed by atoms with Gasteiger partial charge in [-0.05, 0) is 38.0 Å². The van der Waals surface area contributed by atoms with Crippen LogP contribution in [0.3, 0.4) is 0 Å². The van der Waals surface area contributed by atoms with Crippen LogP contribution in [0.1, 0.15) is 38.1 Å². The maximum atomic E-state index is 12.5. The highest BCUT2D eigenvalue weighted by Gasteiger charge is 2.18. The van der Waals surface area contributed by atoms with Crippen molar-refractivity contribution >= 4 is 11.8 Å². The summed E-state index contributed by atoms with van der Waals surface area (Å²) in [6.07, 6.45) is 0. The molecule has 0 aliphatic rings. The van der Waals surface area contributed by atoms with Crippen molar-refractivity contribution in [3.63, 3.8) is 0 Å². The van der Waals surface area contributed by atoms with Gasteiger partial charge in [0, 0.05) is 25.7 Å². The van der Waals surface area contributed by atoms with Gasteiger partial charge < -0.3 is 14.5 Å². The lowest BCUT2D eigenvalue weighted by atomic mass is 10.2. The van der Waals surface area contributed by atoms with E-state index in [0.717, 1.165) is 0 Å². The molecule has 0 saturated carbocycles. The third-order valence-corrected chi connectivity index (χ3v) is 3.50. The Hall–Kier alpha value is -2.04. The maximum Gasteiger partial charge on any atom is 0.254 e. The normalized spacial score (nSPS) is 10.5. The van der Waals surface area contributed by atoms with Gasteiger partial charge in [0.2, 0.25) is 5.91 Å². The number of carbonyl (C=O) groups excluding carboxylic acids is 2. The van der Waals surface area contributed by atoms with Crippen LogP contribution in [0.15, 0.2) is 24.3 Å². The quantitative estimate of drug-likeness (QED) is 0.740. The molecule has 0 atom stereocenters. The van der Waals surface area contributed by atoms with Crippen LogP contribution in [0.25, 0.3) is 0 Å². The van der Waals surface area contributed by atoms with Gasteiger partial charge in [-0.25, -0.2) is 0 Å². The largest absolute Gasteiger partial charge is 0.493 e. The first-order valence-electron chi connectivity index (χ1n) is 8.15. The number of ether oxygens (including phenoxy) is 1. The molecule has 0 saturated heterocycles. The minimum Gasteiger partial charge on any atom is -0.493 e. The van der Waals surface area contributed by atoms with E-state index in [-0.39, 0.29) is 18.4 Å². The molecule has 0 fully saturated rings. The fourth-order valence-corrected chi connectivity index (χ4v) is 2.15. The molecule has 0 heterocycles. The smallest absolute Gasteiger partial charge is 0.254 e. The predicted molar refractivity (Wildman–Crippen MR) is 91.7 cm³/mol. The van der Waals surface area contributed by atoms with Gasteiger partial charge in [-0.3, -0.25) is 9.59 Å². The van der Waals surface area contributed by atoms with Crippen molar-refractivity contribution in [2.45, 2.75) is 27.7 Å². The van der Waals surface area contributed by atoms with Crippen molar-refractivity contribution in [3.05, 3.63) is 29.8 Å². The van der Waals surface area contributed by atoms with Crippen LogP contribution in [-0.4, -0.2) is 54.9 Å². The molecular weight excluding hydrogens is 292 g/mol. The van der Waals surface area contributed by atoms with Crippen LogP contribution in [0.2, 0.25) is 0 Å². The number of hydrogen-bond donors (Lipinski definition) is 0. The minimum absolute atomic E-state index is 0.0435. The molecular formula is C18H28N2O3. The van der Waals surface area contributed by atoms with E-state index >= 15 is 0 Å². The molecule has 0 unspecified atom stereocenters. The van der Waals surface area contributed by atoms with Gasteiger partial charge >= 0.3 is 0 Å². The fourth-order valence-electron chi connectivity index (χ4n) is 2.15. The zero-order chi connectivity index (χ0) is 17.4. The summed E-state index contributed by atoms with van der Waals surface area (Å²) in [5.41, 5.74) is 0.529. The lowest BCUT2D eigenvalue weighted by molar-refractivity contribution is -0.131. The van der Waals surface area contributed by atoms with Crippen molar-refractivity contribution in [1.29, 1.82) is 0 Å². The number of nitrogens with zero attached hydrogens (tertiary/aromatic N) is 2. The Kier molecular flexibility index (Phi) is 7.59. The summed E-state index contributed by atoms with van der Waals surface area (Å²) in [6, 6.07) is 7.09. The first kappa shape index (κ1) is 19.0. The van der Waals surface area contributed by atoms with Crippen LogP contribution in [0.5, 0.6) is 5.75 Å². The van der Waals surface area contributed by atoms with E-state index in [4.69, 9.17) is 4.74 Å². The summed E-state index contributed by atoms with van der Waals surface area (Å²) in [7, 11) is 1.64. The molecule has 23 heavy (non-hydrogen) atoms. The molecule has 1 rings (SSSR count). The van der Waals surface area contributed by atoms with Crippen molar-refractivity contribution in [2.75, 3.05) is 33.3 Å². The van der Waals surface area contributed by atoms with Gasteiger partial charge in [0.1, 0.15) is 5.75 Å². The van der Waals surface area contributed by atoms with Gasteiger partial charge in [-0.1, -0.05) is 19.9 Å². The third kappa shape index (κ3) is 5.93. The topological polar surface area (TPSA) is 49.9 Å². The van der Waals surface area contributed by atoms with Gasteiger partial charge in [-0.2, -0.15) is 0 Å². The molecule has 0 N–H and O–H groups in total. The molecule has 2 amide bonds. The van der Waals surface area contributed by atoms with Crippen LogP contribution in [0.4, 0.5) is 0 Å². The number of hydrogen-bond acceptors (Lipinski definition) is 3. The molecule has 1 aromatic rings. The van der Waals surface area contributed by atoms with Crippen LogP contribution < -0.4 is 4.74 Å². The van der Waals surface area contributed by atoms with E-state index in [1.54, 1.807) is 30.1 Å². The highest BCUT2D eigenvalue weighted by molar-refractivity contribution is 5.96. The zero-order valence-electron chi connectivity index (χ0n) is 14.8. The average molecular weight is 320 g/mol. The molecule has 0 radical (unpaired) electrons. The van der Waals surface area contributed by atoms with E-state index in [9.17, 15) is 9.59 Å². The summed E-state index contributed by atoms with van der Waals surface area (Å²) in [4.78, 5) is 27.7. The standard InChI is InChI=1S/C18H28N2O3/c1-6-20(7-2)17(21)12-19(5)18(22)15-9-8-10-16(11-15)23-13-14(3)4/h8-11,14H,6-7,12-13H2,1-5H3. The molecule has 5 heteroatoms. The lowest BCUT2D eigenvalue weighted by Crippen LogP contribution is -2.41. The number of rotatable bonds is 8. The van der Waals surface area contributed by atoms with E-state index in [0.29, 0.717) is 36.9 Å². The maximum absolute atomic E-state index is 12.5. The van der Waals surface area contributed by atoms with Gasteiger partial charge in [0.05, 0.1) is 13.2 Å². The second kappa shape index (κ2) is 9.18. The predicted octanol–water partition coefficient (Wildman–Crippen LogP) is 2.66. The SMILES string of the molecule is CCN(CC)C(=O)CN(C)C(=O)c1cccc(OCC(C)C)c1. The average Bonchev–Trinajstić information content (AvgIpc) is 2.53. The molecule has 0 spiro atoms. The summed E-state index contributed by atoms with van der Waals surface area (Å²) >= 11 is 0. The zero-order valence-corrected chi connectivity index (χ0v) is 14.8. The summed E-state index contributed by atoms with van der Waals surface area (Å²) in [6.45, 7) is 9.98. The Balaban J connectivity index is 2.72. The Morgan fingerprint density at radius 2 is 1.83 bits per heavy atom. The first-order chi connectivity index (χ1) is 10.9. The Morgan fingerprint density at radius 1 is 1.17 bits per heavy atom. The summed E-state index contributed by atoms with van der Waals surface area (Å²) < 4.78 is 5.65. The second-order valence-corrected chi connectivity index (χ2v) is 5.96. The van der Waals surface area contributed by atoms with Crippen molar-refractivity contribution in [3.8, 4) is 5.75 Å². The van der Waals surface area contributed by atoms with Crippen LogP contribution in [0, 0.1) is 5.92 Å². The molecule has 128 valence electrons. The van der Waals surface area contributed by atoms with Crippen LogP contribution in [-0.2, 0) is 4.79 Å². The molecule has 1 aromatic carbocycles. The van der Waals surface area contributed by atoms with E-state index in [2.05, 4.69) is 13.8 Å². The van der Waals surface area contributed by atoms with Gasteiger partial charge in [0.15, 0.2) is 0 Å². The number of amides is 2. The van der Waals surface area contributed by atoms with Gasteiger partial charge in [0.25, 0.3) is 5.91 Å². The summed E-state index contributed by atoms with van der Waals surface area (Å²) in [5, 5.41) is 0. The minimum atomic E-state index is -0.180. The van der Waals surface area contributed by atoms with Crippen molar-refractivity contribution in [2.24, 2.45) is 5.92 Å². The van der Waals surface area contributed by atoms with E-state index < -0.39 is 0 Å². The Morgan fingerprint density at radius 3 is 2.39 bits per heavy atom. The monoisotopic (exact) mass is 320 g/mol. The lowest BCUT2D eigenvalue weighted by Gasteiger charge is -2.23. The number of carbonyl (C=O) groups is 2. The Bertz CT molecular complexity index is 525. The van der Waals surface area contributed by atoms with Crippen molar-refractivity contribution in [1.82, 2.24) is 9.80 Å². The first-order valence-corrected chi connectivity index (χ1v) is 8.15. The van der Waals surface area contributed by atoms with Gasteiger partial charge in [-0.15, -0.1) is 0 Å². The highest BCUT2D eigenvalue weighted by Crippen LogP contribution is 2.15. The third-order valence-electron chi connectivity index (χ3n) is 3.50. The molecule has 5 nitrogen and oxygen atoms in total. The van der Waals surface area contributed by atoms with E-state index in [1.165, 1.54) is 4.90 Å². The van der Waals surface area contributed by atoms with Crippen LogP contribution >= 0.6 is 0 Å². The number of benzene rings is 1. The second-order valence-electron chi connectivity index (χ2n) is 5.96. The fraction of sp³-hybridized carbons (Fsp3) is 0.556.